The van der Waals surface area contributed by atoms with E-state index in [0.29, 0.717) is 10.0 Å². The molecule has 2 aliphatic rings. The number of hydrogen-bond acceptors (Lipinski definition) is 8. The number of methoxy groups -OCH3 is 2. The van der Waals surface area contributed by atoms with Gasteiger partial charge in [0.05, 0.1) is 14.2 Å². The van der Waals surface area contributed by atoms with Crippen molar-refractivity contribution in [3.8, 4) is 0 Å². The molecule has 220 valence electrons. The lowest BCUT2D eigenvalue weighted by molar-refractivity contribution is -0.148. The van der Waals surface area contributed by atoms with E-state index in [9.17, 15) is 9.59 Å². The molecule has 0 N–H and O–H groups in total. The third kappa shape index (κ3) is 6.75. The van der Waals surface area contributed by atoms with Gasteiger partial charge < -0.3 is 9.47 Å². The van der Waals surface area contributed by atoms with Gasteiger partial charge in [0.1, 0.15) is 12.1 Å². The molecule has 2 aromatic heterocycles. The van der Waals surface area contributed by atoms with Gasteiger partial charge in [-0.15, -0.1) is 22.7 Å². The van der Waals surface area contributed by atoms with E-state index in [0.717, 1.165) is 50.1 Å². The maximum absolute atomic E-state index is 12.3. The van der Waals surface area contributed by atoms with Crippen molar-refractivity contribution in [1.82, 2.24) is 9.80 Å². The third-order valence-corrected chi connectivity index (χ3v) is 10.4. The van der Waals surface area contributed by atoms with Crippen LogP contribution in [0.5, 0.6) is 0 Å². The largest absolute Gasteiger partial charge is 0.468 e. The first kappa shape index (κ1) is 30.7. The maximum atomic E-state index is 12.3. The molecule has 0 saturated heterocycles. The molecule has 0 spiro atoms. The molecular weight excluding hydrogens is 611 g/mol. The number of carbonyl (C=O) groups excluding carboxylic acids is 2. The predicted octanol–water partition coefficient (Wildman–Crippen LogP) is 7.35. The van der Waals surface area contributed by atoms with Crippen LogP contribution in [0.1, 0.15) is 44.1 Å². The number of hydrogen-bond donors (Lipinski definition) is 0. The number of halogens is 2. The van der Waals surface area contributed by atoms with Gasteiger partial charge in [-0.1, -0.05) is 59.6 Å². The minimum Gasteiger partial charge on any atom is -0.468 e. The van der Waals surface area contributed by atoms with Crippen LogP contribution in [-0.4, -0.2) is 49.0 Å². The van der Waals surface area contributed by atoms with E-state index in [1.165, 1.54) is 35.1 Å². The van der Waals surface area contributed by atoms with E-state index in [1.54, 1.807) is 22.7 Å². The van der Waals surface area contributed by atoms with E-state index in [1.807, 2.05) is 48.5 Å². The molecule has 42 heavy (non-hydrogen) atoms. The zero-order chi connectivity index (χ0) is 29.6. The number of nitrogens with zero attached hydrogens (tertiary/aromatic N) is 2. The lowest BCUT2D eigenvalue weighted by Gasteiger charge is -2.33. The minimum absolute atomic E-state index is 0.262. The number of benzene rings is 2. The normalized spacial score (nSPS) is 16.3. The summed E-state index contributed by atoms with van der Waals surface area (Å²) in [5, 5.41) is 5.42. The van der Waals surface area contributed by atoms with Crippen LogP contribution in [0.25, 0.3) is 0 Å². The molecule has 0 saturated carbocycles. The lowest BCUT2D eigenvalue weighted by atomic mass is 10.0. The third-order valence-electron chi connectivity index (χ3n) is 7.65. The number of rotatable bonds is 6. The summed E-state index contributed by atoms with van der Waals surface area (Å²) in [5.41, 5.74) is 4.22. The Balaban J connectivity index is 0.000000168. The molecule has 2 aliphatic heterocycles. The fourth-order valence-electron chi connectivity index (χ4n) is 5.54. The molecular formula is C32H32Cl2N2O4S2. The van der Waals surface area contributed by atoms with Crippen molar-refractivity contribution in [2.24, 2.45) is 0 Å². The molecule has 0 fully saturated rings. The second kappa shape index (κ2) is 14.2. The highest BCUT2D eigenvalue weighted by atomic mass is 35.5. The monoisotopic (exact) mass is 642 g/mol. The number of ether oxygens (including phenoxy) is 2. The molecule has 4 aromatic rings. The first-order valence-electron chi connectivity index (χ1n) is 13.6. The molecule has 6 rings (SSSR count). The van der Waals surface area contributed by atoms with Gasteiger partial charge in [-0.25, -0.2) is 9.59 Å². The van der Waals surface area contributed by atoms with Crippen LogP contribution in [0.3, 0.4) is 0 Å². The van der Waals surface area contributed by atoms with Crippen LogP contribution in [0, 0.1) is 0 Å². The first-order chi connectivity index (χ1) is 20.4. The van der Waals surface area contributed by atoms with E-state index >= 15 is 0 Å². The van der Waals surface area contributed by atoms with Gasteiger partial charge in [0.2, 0.25) is 0 Å². The molecule has 0 unspecified atom stereocenters. The lowest BCUT2D eigenvalue weighted by Crippen LogP contribution is -2.38. The highest BCUT2D eigenvalue weighted by Gasteiger charge is 2.34. The van der Waals surface area contributed by atoms with Gasteiger partial charge in [-0.05, 0) is 70.1 Å². The average Bonchev–Trinajstić information content (AvgIpc) is 3.68. The fraction of sp³-hybridized carbons (Fsp3) is 0.312. The Morgan fingerprint density at radius 2 is 1.10 bits per heavy atom. The second-order valence-corrected chi connectivity index (χ2v) is 12.9. The summed E-state index contributed by atoms with van der Waals surface area (Å²) in [7, 11) is 2.85. The van der Waals surface area contributed by atoms with E-state index < -0.39 is 12.1 Å². The molecule has 2 aromatic carbocycles. The van der Waals surface area contributed by atoms with Crippen molar-refractivity contribution in [3.63, 3.8) is 0 Å². The van der Waals surface area contributed by atoms with E-state index in [4.69, 9.17) is 32.7 Å². The molecule has 0 aliphatic carbocycles. The van der Waals surface area contributed by atoms with Crippen molar-refractivity contribution < 1.29 is 19.1 Å². The number of carbonyl (C=O) groups is 2. The van der Waals surface area contributed by atoms with Crippen molar-refractivity contribution in [1.29, 1.82) is 0 Å². The summed E-state index contributed by atoms with van der Waals surface area (Å²) in [6.45, 7) is 3.17. The summed E-state index contributed by atoms with van der Waals surface area (Å²) in [6.07, 6.45) is 1.93. The van der Waals surface area contributed by atoms with E-state index in [-0.39, 0.29) is 11.9 Å². The zero-order valence-electron chi connectivity index (χ0n) is 23.4. The topological polar surface area (TPSA) is 59.1 Å². The van der Waals surface area contributed by atoms with Crippen LogP contribution in [-0.2, 0) is 45.0 Å². The first-order valence-corrected chi connectivity index (χ1v) is 16.2. The highest BCUT2D eigenvalue weighted by Crippen LogP contribution is 2.35. The highest BCUT2D eigenvalue weighted by molar-refractivity contribution is 7.10. The average molecular weight is 644 g/mol. The van der Waals surface area contributed by atoms with Crippen LogP contribution in [0.2, 0.25) is 10.0 Å². The van der Waals surface area contributed by atoms with Gasteiger partial charge in [0.25, 0.3) is 0 Å². The fourth-order valence-corrected chi connectivity index (χ4v) is 7.80. The van der Waals surface area contributed by atoms with Crippen molar-refractivity contribution in [2.75, 3.05) is 27.3 Å². The Bertz CT molecular complexity index is 1420. The van der Waals surface area contributed by atoms with Gasteiger partial charge in [0.15, 0.2) is 0 Å². The molecule has 2 atom stereocenters. The SMILES string of the molecule is COC(=O)[C@H](c1ccccc1Cl)N1CCc2sccc2C1.COC(=O)[C@H](c1ccccc1Cl)N1CCc2sccc2C1. The van der Waals surface area contributed by atoms with Crippen molar-refractivity contribution in [2.45, 2.75) is 38.0 Å². The molecule has 4 heterocycles. The minimum atomic E-state index is -0.447. The summed E-state index contributed by atoms with van der Waals surface area (Å²) < 4.78 is 10.0. The molecule has 0 radical (unpaired) electrons. The van der Waals surface area contributed by atoms with E-state index in [2.05, 4.69) is 32.7 Å². The smallest absolute Gasteiger partial charge is 0.327 e. The number of esters is 2. The van der Waals surface area contributed by atoms with Crippen LogP contribution >= 0.6 is 45.9 Å². The Hall–Kier alpha value is -2.72. The zero-order valence-corrected chi connectivity index (χ0v) is 26.6. The van der Waals surface area contributed by atoms with Gasteiger partial charge >= 0.3 is 11.9 Å². The molecule has 0 amide bonds. The Morgan fingerprint density at radius 3 is 1.48 bits per heavy atom. The standard InChI is InChI=1S/2C16H16ClNO2S/c2*1-20-16(19)15(12-4-2-3-5-13(12)17)18-8-6-14-11(10-18)7-9-21-14/h2*2-5,7,9,15H,6,8,10H2,1H3/t2*15-/m00/s1. The molecule has 6 nitrogen and oxygen atoms in total. The summed E-state index contributed by atoms with van der Waals surface area (Å²) in [4.78, 5) is 31.7. The summed E-state index contributed by atoms with van der Waals surface area (Å²) in [6, 6.07) is 18.3. The van der Waals surface area contributed by atoms with Crippen molar-refractivity contribution >= 4 is 57.8 Å². The molecule has 0 bridgehead atoms. The van der Waals surface area contributed by atoms with Crippen LogP contribution in [0.15, 0.2) is 71.4 Å². The number of fused-ring (bicyclic) bond motifs is 2. The van der Waals surface area contributed by atoms with Gasteiger partial charge in [-0.3, -0.25) is 9.80 Å². The van der Waals surface area contributed by atoms with Gasteiger partial charge in [-0.2, -0.15) is 0 Å². The second-order valence-electron chi connectivity index (χ2n) is 10.1. The Morgan fingerprint density at radius 1 is 0.690 bits per heavy atom. The Kier molecular flexibility index (Phi) is 10.4. The Labute approximate surface area is 264 Å². The van der Waals surface area contributed by atoms with Crippen LogP contribution in [0.4, 0.5) is 0 Å². The summed E-state index contributed by atoms with van der Waals surface area (Å²) in [5.74, 6) is -0.524. The van der Waals surface area contributed by atoms with Crippen LogP contribution < -0.4 is 0 Å². The summed E-state index contributed by atoms with van der Waals surface area (Å²) >= 11 is 16.1. The predicted molar refractivity (Wildman–Crippen MR) is 169 cm³/mol. The quantitative estimate of drug-likeness (QED) is 0.205. The van der Waals surface area contributed by atoms with Gasteiger partial charge in [0, 0.05) is 46.0 Å². The maximum Gasteiger partial charge on any atom is 0.327 e. The number of thiophene rings is 2. The van der Waals surface area contributed by atoms with Crippen molar-refractivity contribution in [3.05, 3.63) is 113 Å². The molecule has 10 heteroatoms.